The molecule has 1 heterocycles. The number of fused-ring (bicyclic) bond motifs is 4. The van der Waals surface area contributed by atoms with Gasteiger partial charge in [-0.1, -0.05) is 25.1 Å². The minimum Gasteiger partial charge on any atom is -0.326 e. The maximum Gasteiger partial charge on any atom is 0.248 e. The fourth-order valence-corrected chi connectivity index (χ4v) is 3.12. The molecular formula is C13H15NO. The number of aromatic amines is 1. The average Bonchev–Trinajstić information content (AvgIpc) is 2.16. The Morgan fingerprint density at radius 1 is 1.47 bits per heavy atom. The second-order valence-electron chi connectivity index (χ2n) is 5.08. The van der Waals surface area contributed by atoms with Crippen molar-refractivity contribution >= 4 is 0 Å². The van der Waals surface area contributed by atoms with Gasteiger partial charge < -0.3 is 4.98 Å². The van der Waals surface area contributed by atoms with E-state index in [4.69, 9.17) is 0 Å². The first kappa shape index (κ1) is 8.96. The maximum absolute atomic E-state index is 11.3. The Morgan fingerprint density at radius 3 is 3.20 bits per heavy atom. The molecule has 0 fully saturated rings. The number of pyridine rings is 1. The number of aromatic nitrogens is 1. The van der Waals surface area contributed by atoms with Crippen LogP contribution < -0.4 is 5.56 Å². The molecule has 78 valence electrons. The van der Waals surface area contributed by atoms with Crippen molar-refractivity contribution in [3.05, 3.63) is 45.9 Å². The normalized spacial score (nSPS) is 32.5. The first-order valence-corrected chi connectivity index (χ1v) is 5.57. The van der Waals surface area contributed by atoms with Crippen molar-refractivity contribution in [2.24, 2.45) is 5.92 Å². The van der Waals surface area contributed by atoms with E-state index >= 15 is 0 Å². The molecule has 2 bridgehead atoms. The van der Waals surface area contributed by atoms with Gasteiger partial charge >= 0.3 is 0 Å². The highest BCUT2D eigenvalue weighted by atomic mass is 16.1. The predicted octanol–water partition coefficient (Wildman–Crippen LogP) is 2.15. The zero-order valence-corrected chi connectivity index (χ0v) is 8.92. The molecule has 0 amide bonds. The zero-order valence-electron chi connectivity index (χ0n) is 8.92. The molecule has 1 N–H and O–H groups in total. The molecule has 15 heavy (non-hydrogen) atoms. The van der Waals surface area contributed by atoms with Gasteiger partial charge in [0, 0.05) is 11.8 Å². The molecule has 2 atom stereocenters. The first-order valence-electron chi connectivity index (χ1n) is 5.57. The number of hydrogen-bond acceptors (Lipinski definition) is 1. The molecule has 3 rings (SSSR count). The first-order chi connectivity index (χ1) is 7.17. The van der Waals surface area contributed by atoms with Crippen LogP contribution in [0.4, 0.5) is 0 Å². The fraction of sp³-hybridized carbons (Fsp3) is 0.462. The van der Waals surface area contributed by atoms with Crippen LogP contribution in [-0.2, 0) is 11.8 Å². The van der Waals surface area contributed by atoms with E-state index in [2.05, 4.69) is 24.1 Å². The lowest BCUT2D eigenvalue weighted by atomic mass is 9.64. The van der Waals surface area contributed by atoms with Crippen molar-refractivity contribution in [2.45, 2.75) is 31.6 Å². The summed E-state index contributed by atoms with van der Waals surface area (Å²) in [6, 6.07) is 3.67. The van der Waals surface area contributed by atoms with Crippen molar-refractivity contribution in [1.82, 2.24) is 4.98 Å². The molecular weight excluding hydrogens is 186 g/mol. The summed E-state index contributed by atoms with van der Waals surface area (Å²) in [5.41, 5.74) is 2.78. The summed E-state index contributed by atoms with van der Waals surface area (Å²) in [4.78, 5) is 14.3. The van der Waals surface area contributed by atoms with Gasteiger partial charge in [0.15, 0.2) is 0 Å². The Labute approximate surface area is 89.0 Å². The molecule has 0 radical (unpaired) electrons. The number of H-pyrrole nitrogens is 1. The number of nitrogens with one attached hydrogen (secondary N) is 1. The van der Waals surface area contributed by atoms with E-state index < -0.39 is 0 Å². The van der Waals surface area contributed by atoms with E-state index in [1.165, 1.54) is 12.0 Å². The van der Waals surface area contributed by atoms with Crippen LogP contribution in [0.15, 0.2) is 29.1 Å². The third-order valence-electron chi connectivity index (χ3n) is 3.81. The zero-order chi connectivity index (χ0) is 10.5. The smallest absolute Gasteiger partial charge is 0.248 e. The summed E-state index contributed by atoms with van der Waals surface area (Å²) < 4.78 is 0. The average molecular weight is 201 g/mol. The lowest BCUT2D eigenvalue weighted by Crippen LogP contribution is -2.35. The van der Waals surface area contributed by atoms with Crippen LogP contribution >= 0.6 is 0 Å². The lowest BCUT2D eigenvalue weighted by Gasteiger charge is -2.41. The van der Waals surface area contributed by atoms with Gasteiger partial charge in [-0.3, -0.25) is 4.79 Å². The third-order valence-corrected chi connectivity index (χ3v) is 3.81. The number of allylic oxidation sites excluding steroid dienone is 2. The van der Waals surface area contributed by atoms with Gasteiger partial charge in [-0.15, -0.1) is 0 Å². The van der Waals surface area contributed by atoms with E-state index in [0.29, 0.717) is 5.92 Å². The van der Waals surface area contributed by atoms with Crippen LogP contribution in [0, 0.1) is 5.92 Å². The van der Waals surface area contributed by atoms with E-state index in [-0.39, 0.29) is 11.0 Å². The topological polar surface area (TPSA) is 32.9 Å². The van der Waals surface area contributed by atoms with Gasteiger partial charge in [-0.05, 0) is 36.2 Å². The standard InChI is InChI=1S/C13H15NO/c1-13-6-2-3-9(8-13)7-11-10(13)4-5-12(15)14-11/h2-5,9H,6-8H2,1H3,(H,14,15). The molecule has 0 saturated carbocycles. The quantitative estimate of drug-likeness (QED) is 0.641. The highest BCUT2D eigenvalue weighted by molar-refractivity contribution is 5.35. The highest BCUT2D eigenvalue weighted by Gasteiger charge is 2.37. The molecule has 2 heteroatoms. The minimum absolute atomic E-state index is 0.0290. The van der Waals surface area contributed by atoms with Crippen LogP contribution in [-0.4, -0.2) is 4.98 Å². The van der Waals surface area contributed by atoms with Crippen LogP contribution in [0.25, 0.3) is 0 Å². The van der Waals surface area contributed by atoms with Gasteiger partial charge in [0.2, 0.25) is 5.56 Å². The van der Waals surface area contributed by atoms with Crippen LogP contribution in [0.1, 0.15) is 31.0 Å². The molecule has 2 aliphatic carbocycles. The van der Waals surface area contributed by atoms with Crippen molar-refractivity contribution in [2.75, 3.05) is 0 Å². The van der Waals surface area contributed by atoms with Crippen molar-refractivity contribution in [1.29, 1.82) is 0 Å². The van der Waals surface area contributed by atoms with Crippen LogP contribution in [0.2, 0.25) is 0 Å². The molecule has 2 unspecified atom stereocenters. The summed E-state index contributed by atoms with van der Waals surface area (Å²) in [6.45, 7) is 2.31. The number of rotatable bonds is 0. The van der Waals surface area contributed by atoms with Gasteiger partial charge in [-0.2, -0.15) is 0 Å². The summed E-state index contributed by atoms with van der Waals surface area (Å²) in [5.74, 6) is 0.620. The molecule has 2 aliphatic rings. The molecule has 1 aromatic rings. The summed E-state index contributed by atoms with van der Waals surface area (Å²) in [7, 11) is 0. The summed E-state index contributed by atoms with van der Waals surface area (Å²) in [6.07, 6.45) is 7.92. The van der Waals surface area contributed by atoms with Gasteiger partial charge in [0.05, 0.1) is 0 Å². The Bertz CT molecular complexity index is 486. The van der Waals surface area contributed by atoms with Crippen molar-refractivity contribution < 1.29 is 0 Å². The molecule has 1 aromatic heterocycles. The number of hydrogen-bond donors (Lipinski definition) is 1. The maximum atomic E-state index is 11.3. The molecule has 0 aromatic carbocycles. The molecule has 2 nitrogen and oxygen atoms in total. The third kappa shape index (κ3) is 1.28. The largest absolute Gasteiger partial charge is 0.326 e. The second kappa shape index (κ2) is 2.84. The van der Waals surface area contributed by atoms with Gasteiger partial charge in [0.1, 0.15) is 0 Å². The second-order valence-corrected chi connectivity index (χ2v) is 5.08. The Morgan fingerprint density at radius 2 is 2.33 bits per heavy atom. The Balaban J connectivity index is 2.21. The van der Waals surface area contributed by atoms with E-state index in [9.17, 15) is 4.79 Å². The Hall–Kier alpha value is -1.31. The highest BCUT2D eigenvalue weighted by Crippen LogP contribution is 2.44. The summed E-state index contributed by atoms with van der Waals surface area (Å²) in [5, 5.41) is 0. The van der Waals surface area contributed by atoms with E-state index in [1.54, 1.807) is 6.07 Å². The molecule has 0 saturated heterocycles. The monoisotopic (exact) mass is 201 g/mol. The van der Waals surface area contributed by atoms with Crippen molar-refractivity contribution in [3.63, 3.8) is 0 Å². The van der Waals surface area contributed by atoms with Crippen molar-refractivity contribution in [3.8, 4) is 0 Å². The van der Waals surface area contributed by atoms with Gasteiger partial charge in [-0.25, -0.2) is 0 Å². The molecule has 0 spiro atoms. The predicted molar refractivity (Wildman–Crippen MR) is 60.0 cm³/mol. The SMILES string of the molecule is CC12CC=CC(Cc3[nH]c(=O)ccc31)C2. The van der Waals surface area contributed by atoms with E-state index in [1.807, 2.05) is 6.07 Å². The molecule has 0 aliphatic heterocycles. The van der Waals surface area contributed by atoms with Crippen LogP contribution in [0.5, 0.6) is 0 Å². The van der Waals surface area contributed by atoms with Crippen LogP contribution in [0.3, 0.4) is 0 Å². The minimum atomic E-state index is 0.0290. The Kier molecular flexibility index (Phi) is 1.70. The van der Waals surface area contributed by atoms with E-state index in [0.717, 1.165) is 18.5 Å². The fourth-order valence-electron chi connectivity index (χ4n) is 3.12. The summed E-state index contributed by atoms with van der Waals surface area (Å²) >= 11 is 0. The lowest BCUT2D eigenvalue weighted by molar-refractivity contribution is 0.325. The van der Waals surface area contributed by atoms with Gasteiger partial charge in [0.25, 0.3) is 0 Å².